The zero-order chi connectivity index (χ0) is 22.7. The first-order valence-corrected chi connectivity index (χ1v) is 10.1. The fraction of sp³-hybridized carbons (Fsp3) is 0.250. The summed E-state index contributed by atoms with van der Waals surface area (Å²) in [5, 5.41) is 9.92. The minimum Gasteiger partial charge on any atom is -0.472 e. The lowest BCUT2D eigenvalue weighted by atomic mass is 10.0. The number of alkyl halides is 3. The number of rotatable bonds is 6. The van der Waals surface area contributed by atoms with Crippen molar-refractivity contribution in [2.75, 3.05) is 18.0 Å². The number of anilines is 1. The normalized spacial score (nSPS) is 16.2. The number of benzene rings is 2. The van der Waals surface area contributed by atoms with Crippen LogP contribution in [0.3, 0.4) is 0 Å². The zero-order valence-electron chi connectivity index (χ0n) is 17.0. The summed E-state index contributed by atoms with van der Waals surface area (Å²) in [7, 11) is 0. The number of aliphatic hydroxyl groups is 1. The summed E-state index contributed by atoms with van der Waals surface area (Å²) in [4.78, 5) is 16.7. The molecule has 2 aromatic carbocycles. The lowest BCUT2D eigenvalue weighted by Gasteiger charge is -2.22. The molecule has 4 rings (SSSR count). The molecule has 3 aromatic rings. The van der Waals surface area contributed by atoms with Crippen molar-refractivity contribution in [3.05, 3.63) is 77.5 Å². The Morgan fingerprint density at radius 2 is 1.84 bits per heavy atom. The highest BCUT2D eigenvalue weighted by molar-refractivity contribution is 5.77. The molecule has 0 radical (unpaired) electrons. The highest BCUT2D eigenvalue weighted by Gasteiger charge is 2.31. The molecule has 1 N–H and O–H groups in total. The largest absolute Gasteiger partial charge is 0.472 e. The Hall–Kier alpha value is -3.39. The van der Waals surface area contributed by atoms with Crippen LogP contribution >= 0.6 is 0 Å². The highest BCUT2D eigenvalue weighted by atomic mass is 19.4. The van der Waals surface area contributed by atoms with E-state index in [-0.39, 0.29) is 18.6 Å². The molecule has 1 atom stereocenters. The summed E-state index contributed by atoms with van der Waals surface area (Å²) in [6.07, 6.45) is -2.41. The maximum absolute atomic E-state index is 12.7. The van der Waals surface area contributed by atoms with Gasteiger partial charge in [0.05, 0.1) is 18.7 Å². The standard InChI is InChI=1S/C24H21F3N2O3/c25-24(26,27)20-6-8-23(28-12-20)32-21-9-10-29(13-21)22-7-5-18(11-19(22)15-31)17-3-1-16(14-30)2-4-17/h1-8,11-12,14,21,31H,9-10,13,15H2/t21-/m0/s1. The van der Waals surface area contributed by atoms with Crippen LogP contribution in [0.4, 0.5) is 18.9 Å². The third kappa shape index (κ3) is 4.75. The molecule has 0 saturated carbocycles. The lowest BCUT2D eigenvalue weighted by Crippen LogP contribution is -2.25. The Morgan fingerprint density at radius 1 is 1.09 bits per heavy atom. The number of carbonyl (C=O) groups is 1. The summed E-state index contributed by atoms with van der Waals surface area (Å²) in [5.74, 6) is 0.154. The topological polar surface area (TPSA) is 62.7 Å². The first kappa shape index (κ1) is 21.8. The molecule has 1 saturated heterocycles. The first-order chi connectivity index (χ1) is 15.4. The molecule has 0 spiro atoms. The van der Waals surface area contributed by atoms with Gasteiger partial charge < -0.3 is 14.7 Å². The van der Waals surface area contributed by atoms with Gasteiger partial charge in [0.1, 0.15) is 12.4 Å². The Labute approximate surface area is 183 Å². The molecule has 2 heterocycles. The Bertz CT molecular complexity index is 1080. The van der Waals surface area contributed by atoms with E-state index < -0.39 is 11.7 Å². The Kier molecular flexibility index (Phi) is 6.14. The zero-order valence-corrected chi connectivity index (χ0v) is 17.0. The maximum atomic E-state index is 12.7. The second kappa shape index (κ2) is 9.00. The molecule has 1 aliphatic heterocycles. The molecule has 1 aliphatic rings. The number of hydrogen-bond donors (Lipinski definition) is 1. The second-order valence-corrected chi connectivity index (χ2v) is 7.60. The molecule has 0 bridgehead atoms. The van der Waals surface area contributed by atoms with Crippen LogP contribution in [0.25, 0.3) is 11.1 Å². The molecule has 1 aromatic heterocycles. The molecule has 0 amide bonds. The number of aromatic nitrogens is 1. The predicted octanol–water partition coefficient (Wildman–Crippen LogP) is 4.73. The van der Waals surface area contributed by atoms with E-state index in [9.17, 15) is 23.1 Å². The number of aliphatic hydroxyl groups excluding tert-OH is 1. The van der Waals surface area contributed by atoms with Crippen LogP contribution in [0.1, 0.15) is 27.9 Å². The van der Waals surface area contributed by atoms with Gasteiger partial charge in [-0.2, -0.15) is 13.2 Å². The van der Waals surface area contributed by atoms with Gasteiger partial charge in [0.25, 0.3) is 0 Å². The maximum Gasteiger partial charge on any atom is 0.417 e. The van der Waals surface area contributed by atoms with Crippen molar-refractivity contribution >= 4 is 12.0 Å². The van der Waals surface area contributed by atoms with Gasteiger partial charge in [-0.1, -0.05) is 30.3 Å². The number of halogens is 3. The molecular formula is C24H21F3N2O3. The summed E-state index contributed by atoms with van der Waals surface area (Å²) >= 11 is 0. The van der Waals surface area contributed by atoms with Gasteiger partial charge in [0.2, 0.25) is 5.88 Å². The first-order valence-electron chi connectivity index (χ1n) is 10.1. The van der Waals surface area contributed by atoms with Gasteiger partial charge in [0.15, 0.2) is 0 Å². The summed E-state index contributed by atoms with van der Waals surface area (Å²) < 4.78 is 43.8. The monoisotopic (exact) mass is 442 g/mol. The van der Waals surface area contributed by atoms with Gasteiger partial charge in [0, 0.05) is 42.0 Å². The smallest absolute Gasteiger partial charge is 0.417 e. The molecule has 0 aliphatic carbocycles. The average molecular weight is 442 g/mol. The molecule has 166 valence electrons. The van der Waals surface area contributed by atoms with Crippen molar-refractivity contribution in [2.45, 2.75) is 25.3 Å². The van der Waals surface area contributed by atoms with Crippen LogP contribution in [-0.4, -0.2) is 35.6 Å². The minimum atomic E-state index is -4.43. The number of nitrogens with zero attached hydrogens (tertiary/aromatic N) is 2. The third-order valence-corrected chi connectivity index (χ3v) is 5.47. The molecule has 0 unspecified atom stereocenters. The highest BCUT2D eigenvalue weighted by Crippen LogP contribution is 2.32. The van der Waals surface area contributed by atoms with Gasteiger partial charge in [-0.25, -0.2) is 4.98 Å². The molecule has 8 heteroatoms. The van der Waals surface area contributed by atoms with Crippen molar-refractivity contribution in [1.29, 1.82) is 0 Å². The van der Waals surface area contributed by atoms with Crippen LogP contribution < -0.4 is 9.64 Å². The minimum absolute atomic E-state index is 0.141. The van der Waals surface area contributed by atoms with Crippen LogP contribution in [0.5, 0.6) is 5.88 Å². The van der Waals surface area contributed by atoms with Gasteiger partial charge in [-0.15, -0.1) is 0 Å². The van der Waals surface area contributed by atoms with Crippen LogP contribution in [-0.2, 0) is 12.8 Å². The SMILES string of the molecule is O=Cc1ccc(-c2ccc(N3CC[C@H](Oc4ccc(C(F)(F)F)cn4)C3)c(CO)c2)cc1. The summed E-state index contributed by atoms with van der Waals surface area (Å²) in [6.45, 7) is 1.08. The molecule has 32 heavy (non-hydrogen) atoms. The number of aldehydes is 1. The van der Waals surface area contributed by atoms with Crippen molar-refractivity contribution in [3.8, 4) is 17.0 Å². The third-order valence-electron chi connectivity index (χ3n) is 5.47. The van der Waals surface area contributed by atoms with Gasteiger partial charge in [-0.05, 0) is 29.3 Å². The van der Waals surface area contributed by atoms with Crippen LogP contribution in [0.2, 0.25) is 0 Å². The fourth-order valence-corrected chi connectivity index (χ4v) is 3.79. The molecule has 1 fully saturated rings. The van der Waals surface area contributed by atoms with E-state index >= 15 is 0 Å². The fourth-order valence-electron chi connectivity index (χ4n) is 3.79. The van der Waals surface area contributed by atoms with Crippen LogP contribution in [0.15, 0.2) is 60.8 Å². The van der Waals surface area contributed by atoms with Gasteiger partial charge in [-0.3, -0.25) is 4.79 Å². The van der Waals surface area contributed by atoms with E-state index in [1.54, 1.807) is 12.1 Å². The summed E-state index contributed by atoms with van der Waals surface area (Å²) in [5.41, 5.74) is 3.29. The van der Waals surface area contributed by atoms with E-state index in [0.717, 1.165) is 40.9 Å². The Morgan fingerprint density at radius 3 is 2.47 bits per heavy atom. The number of carbonyl (C=O) groups excluding carboxylic acids is 1. The Balaban J connectivity index is 1.45. The van der Waals surface area contributed by atoms with E-state index in [1.165, 1.54) is 6.07 Å². The van der Waals surface area contributed by atoms with Crippen molar-refractivity contribution in [2.24, 2.45) is 0 Å². The number of pyridine rings is 1. The van der Waals surface area contributed by atoms with Crippen molar-refractivity contribution in [3.63, 3.8) is 0 Å². The van der Waals surface area contributed by atoms with E-state index in [2.05, 4.69) is 9.88 Å². The van der Waals surface area contributed by atoms with E-state index in [0.29, 0.717) is 25.1 Å². The quantitative estimate of drug-likeness (QED) is 0.560. The number of hydrogen-bond acceptors (Lipinski definition) is 5. The molecular weight excluding hydrogens is 421 g/mol. The van der Waals surface area contributed by atoms with Gasteiger partial charge >= 0.3 is 6.18 Å². The van der Waals surface area contributed by atoms with Crippen LogP contribution in [0, 0.1) is 0 Å². The van der Waals surface area contributed by atoms with Crippen molar-refractivity contribution < 1.29 is 27.8 Å². The predicted molar refractivity (Wildman–Crippen MR) is 114 cm³/mol. The van der Waals surface area contributed by atoms with E-state index in [4.69, 9.17) is 4.74 Å². The van der Waals surface area contributed by atoms with Crippen molar-refractivity contribution in [1.82, 2.24) is 4.98 Å². The second-order valence-electron chi connectivity index (χ2n) is 7.60. The molecule has 5 nitrogen and oxygen atoms in total. The average Bonchev–Trinajstić information content (AvgIpc) is 3.26. The summed E-state index contributed by atoms with van der Waals surface area (Å²) in [6, 6.07) is 15.2. The number of ether oxygens (including phenoxy) is 1. The van der Waals surface area contributed by atoms with E-state index in [1.807, 2.05) is 30.3 Å². The lowest BCUT2D eigenvalue weighted by molar-refractivity contribution is -0.137.